The number of rotatable bonds is 3. The number of hydrogen-bond acceptors (Lipinski definition) is 3. The zero-order valence-corrected chi connectivity index (χ0v) is 8.43. The van der Waals surface area contributed by atoms with Crippen LogP contribution in [0.25, 0.3) is 10.8 Å². The molecule has 0 aliphatic rings. The molecule has 78 valence electrons. The highest BCUT2D eigenvalue weighted by Crippen LogP contribution is 2.24. The number of pyridine rings is 1. The molecule has 0 amide bonds. The van der Waals surface area contributed by atoms with Crippen LogP contribution in [0, 0.1) is 0 Å². The number of aromatic nitrogens is 1. The monoisotopic (exact) mass is 202 g/mol. The Balaban J connectivity index is 2.50. The van der Waals surface area contributed by atoms with Crippen molar-refractivity contribution in [3.8, 4) is 0 Å². The third kappa shape index (κ3) is 1.98. The Morgan fingerprint density at radius 1 is 1.33 bits per heavy atom. The first-order chi connectivity index (χ1) is 7.33. The Labute approximate surface area is 88.6 Å². The molecule has 3 heteroatoms. The Kier molecular flexibility index (Phi) is 2.94. The quantitative estimate of drug-likeness (QED) is 0.795. The molecule has 1 aromatic carbocycles. The number of aliphatic hydroxyl groups excluding tert-OH is 1. The number of nitrogens with two attached hydrogens (primary N) is 1. The van der Waals surface area contributed by atoms with Gasteiger partial charge in [0.1, 0.15) is 0 Å². The summed E-state index contributed by atoms with van der Waals surface area (Å²) in [6.45, 7) is 0.484. The molecule has 0 bridgehead atoms. The minimum Gasteiger partial charge on any atom is -0.388 e. The summed E-state index contributed by atoms with van der Waals surface area (Å²) in [6.07, 6.45) is 3.61. The maximum Gasteiger partial charge on any atom is 0.0808 e. The van der Waals surface area contributed by atoms with E-state index in [0.717, 1.165) is 16.3 Å². The molecule has 0 spiro atoms. The van der Waals surface area contributed by atoms with Gasteiger partial charge in [0, 0.05) is 17.8 Å². The Morgan fingerprint density at radius 2 is 2.20 bits per heavy atom. The minimum absolute atomic E-state index is 0.484. The number of aliphatic hydroxyl groups is 1. The Bertz CT molecular complexity index is 451. The van der Waals surface area contributed by atoms with E-state index in [4.69, 9.17) is 5.73 Å². The van der Waals surface area contributed by atoms with Crippen molar-refractivity contribution in [2.45, 2.75) is 12.5 Å². The van der Waals surface area contributed by atoms with Gasteiger partial charge in [0.2, 0.25) is 0 Å². The first kappa shape index (κ1) is 10.1. The molecule has 2 aromatic rings. The third-order valence-electron chi connectivity index (χ3n) is 2.52. The van der Waals surface area contributed by atoms with Crippen molar-refractivity contribution < 1.29 is 5.11 Å². The van der Waals surface area contributed by atoms with E-state index in [1.165, 1.54) is 0 Å². The summed E-state index contributed by atoms with van der Waals surface area (Å²) in [7, 11) is 0. The lowest BCUT2D eigenvalue weighted by Crippen LogP contribution is -2.07. The number of nitrogens with zero attached hydrogens (tertiary/aromatic N) is 1. The van der Waals surface area contributed by atoms with Gasteiger partial charge in [-0.25, -0.2) is 0 Å². The maximum atomic E-state index is 9.91. The van der Waals surface area contributed by atoms with Gasteiger partial charge in [0.15, 0.2) is 0 Å². The van der Waals surface area contributed by atoms with Crippen LogP contribution in [0.1, 0.15) is 18.1 Å². The summed E-state index contributed by atoms with van der Waals surface area (Å²) in [5.74, 6) is 0. The van der Waals surface area contributed by atoms with E-state index in [2.05, 4.69) is 4.98 Å². The van der Waals surface area contributed by atoms with Crippen LogP contribution in [0.5, 0.6) is 0 Å². The van der Waals surface area contributed by atoms with E-state index in [1.807, 2.05) is 24.3 Å². The lowest BCUT2D eigenvalue weighted by molar-refractivity contribution is 0.172. The zero-order valence-electron chi connectivity index (χ0n) is 8.43. The van der Waals surface area contributed by atoms with Gasteiger partial charge in [0.05, 0.1) is 6.10 Å². The summed E-state index contributed by atoms with van der Waals surface area (Å²) in [4.78, 5) is 4.07. The highest BCUT2D eigenvalue weighted by atomic mass is 16.3. The molecular weight excluding hydrogens is 188 g/mol. The number of fused-ring (bicyclic) bond motifs is 1. The van der Waals surface area contributed by atoms with Crippen molar-refractivity contribution in [2.75, 3.05) is 6.54 Å². The molecule has 0 aliphatic heterocycles. The molecule has 0 saturated carbocycles. The van der Waals surface area contributed by atoms with Crippen LogP contribution in [0.3, 0.4) is 0 Å². The summed E-state index contributed by atoms with van der Waals surface area (Å²) in [5, 5.41) is 12.0. The van der Waals surface area contributed by atoms with Gasteiger partial charge in [-0.3, -0.25) is 4.98 Å². The highest BCUT2D eigenvalue weighted by Gasteiger charge is 2.09. The second-order valence-corrected chi connectivity index (χ2v) is 3.54. The first-order valence-corrected chi connectivity index (χ1v) is 5.03. The van der Waals surface area contributed by atoms with E-state index in [0.29, 0.717) is 13.0 Å². The smallest absolute Gasteiger partial charge is 0.0808 e. The van der Waals surface area contributed by atoms with Crippen molar-refractivity contribution in [3.05, 3.63) is 42.2 Å². The summed E-state index contributed by atoms with van der Waals surface area (Å²) < 4.78 is 0. The standard InChI is InChI=1S/C12H14N2O/c13-6-4-12(15)10-3-1-2-9-5-7-14-8-11(9)10/h1-3,5,7-8,12,15H,4,6,13H2. The Hall–Kier alpha value is -1.45. The molecule has 1 atom stereocenters. The van der Waals surface area contributed by atoms with Gasteiger partial charge in [0.25, 0.3) is 0 Å². The van der Waals surface area contributed by atoms with Crippen molar-refractivity contribution in [2.24, 2.45) is 5.73 Å². The number of hydrogen-bond donors (Lipinski definition) is 2. The fraction of sp³-hybridized carbons (Fsp3) is 0.250. The highest BCUT2D eigenvalue weighted by molar-refractivity contribution is 5.85. The van der Waals surface area contributed by atoms with Gasteiger partial charge in [-0.15, -0.1) is 0 Å². The molecule has 3 nitrogen and oxygen atoms in total. The van der Waals surface area contributed by atoms with E-state index >= 15 is 0 Å². The molecule has 1 heterocycles. The van der Waals surface area contributed by atoms with Crippen LogP contribution >= 0.6 is 0 Å². The molecule has 15 heavy (non-hydrogen) atoms. The van der Waals surface area contributed by atoms with Crippen LogP contribution < -0.4 is 5.73 Å². The van der Waals surface area contributed by atoms with Crippen LogP contribution in [0.4, 0.5) is 0 Å². The lowest BCUT2D eigenvalue weighted by atomic mass is 10.0. The van der Waals surface area contributed by atoms with Crippen molar-refractivity contribution in [3.63, 3.8) is 0 Å². The average Bonchev–Trinajstić information content (AvgIpc) is 2.28. The van der Waals surface area contributed by atoms with Crippen molar-refractivity contribution in [1.29, 1.82) is 0 Å². The first-order valence-electron chi connectivity index (χ1n) is 5.03. The Morgan fingerprint density at radius 3 is 3.00 bits per heavy atom. The fourth-order valence-electron chi connectivity index (χ4n) is 1.74. The van der Waals surface area contributed by atoms with Crippen LogP contribution in [-0.4, -0.2) is 16.6 Å². The third-order valence-corrected chi connectivity index (χ3v) is 2.52. The lowest BCUT2D eigenvalue weighted by Gasteiger charge is -2.12. The largest absolute Gasteiger partial charge is 0.388 e. The molecule has 0 fully saturated rings. The predicted octanol–water partition coefficient (Wildman–Crippen LogP) is 1.62. The second kappa shape index (κ2) is 4.38. The average molecular weight is 202 g/mol. The van der Waals surface area contributed by atoms with E-state index in [1.54, 1.807) is 12.4 Å². The van der Waals surface area contributed by atoms with Crippen molar-refractivity contribution >= 4 is 10.8 Å². The van der Waals surface area contributed by atoms with E-state index in [9.17, 15) is 5.11 Å². The SMILES string of the molecule is NCCC(O)c1cccc2ccncc12. The zero-order chi connectivity index (χ0) is 10.7. The van der Waals surface area contributed by atoms with Gasteiger partial charge >= 0.3 is 0 Å². The van der Waals surface area contributed by atoms with Gasteiger partial charge in [-0.2, -0.15) is 0 Å². The summed E-state index contributed by atoms with van der Waals surface area (Å²) >= 11 is 0. The topological polar surface area (TPSA) is 59.1 Å². The molecular formula is C12H14N2O. The maximum absolute atomic E-state index is 9.91. The normalized spacial score (nSPS) is 12.9. The van der Waals surface area contributed by atoms with Crippen LogP contribution in [-0.2, 0) is 0 Å². The van der Waals surface area contributed by atoms with Crippen LogP contribution in [0.15, 0.2) is 36.7 Å². The molecule has 1 unspecified atom stereocenters. The summed E-state index contributed by atoms with van der Waals surface area (Å²) in [5.41, 5.74) is 6.34. The van der Waals surface area contributed by atoms with Crippen LogP contribution in [0.2, 0.25) is 0 Å². The molecule has 0 aliphatic carbocycles. The van der Waals surface area contributed by atoms with Crippen molar-refractivity contribution in [1.82, 2.24) is 4.98 Å². The molecule has 2 rings (SSSR count). The van der Waals surface area contributed by atoms with Gasteiger partial charge < -0.3 is 10.8 Å². The minimum atomic E-state index is -0.497. The second-order valence-electron chi connectivity index (χ2n) is 3.54. The molecule has 1 aromatic heterocycles. The van der Waals surface area contributed by atoms with Gasteiger partial charge in [-0.05, 0) is 30.0 Å². The van der Waals surface area contributed by atoms with E-state index < -0.39 is 6.10 Å². The molecule has 0 radical (unpaired) electrons. The molecule has 0 saturated heterocycles. The fourth-order valence-corrected chi connectivity index (χ4v) is 1.74. The van der Waals surface area contributed by atoms with E-state index in [-0.39, 0.29) is 0 Å². The predicted molar refractivity (Wildman–Crippen MR) is 60.4 cm³/mol. The number of benzene rings is 1. The van der Waals surface area contributed by atoms with Gasteiger partial charge in [-0.1, -0.05) is 18.2 Å². The molecule has 3 N–H and O–H groups in total. The summed E-state index contributed by atoms with van der Waals surface area (Å²) in [6, 6.07) is 7.81.